The van der Waals surface area contributed by atoms with Crippen LogP contribution in [0.2, 0.25) is 0 Å². The Morgan fingerprint density at radius 2 is 1.83 bits per heavy atom. The predicted molar refractivity (Wildman–Crippen MR) is 99.9 cm³/mol. The molecule has 9 heteroatoms. The number of ether oxygens (including phenoxy) is 3. The zero-order valence-corrected chi connectivity index (χ0v) is 16.4. The van der Waals surface area contributed by atoms with Gasteiger partial charge in [0.05, 0.1) is 38.0 Å². The molecule has 0 aromatic heterocycles. The van der Waals surface area contributed by atoms with E-state index >= 15 is 0 Å². The summed E-state index contributed by atoms with van der Waals surface area (Å²) in [5.41, 5.74) is -0.430. The van der Waals surface area contributed by atoms with Crippen LogP contribution in [0.15, 0.2) is 36.4 Å². The van der Waals surface area contributed by atoms with E-state index in [1.807, 2.05) is 0 Å². The first-order valence-corrected chi connectivity index (χ1v) is 9.19. The highest BCUT2D eigenvalue weighted by molar-refractivity contribution is 5.59. The van der Waals surface area contributed by atoms with Crippen molar-refractivity contribution in [1.82, 2.24) is 4.90 Å². The average Bonchev–Trinajstić information content (AvgIpc) is 3.14. The minimum absolute atomic E-state index is 0.118. The Bertz CT molecular complexity index is 881. The van der Waals surface area contributed by atoms with Crippen molar-refractivity contribution in [2.75, 3.05) is 27.4 Å². The summed E-state index contributed by atoms with van der Waals surface area (Å²) in [7, 11) is 2.98. The van der Waals surface area contributed by atoms with Gasteiger partial charge in [0.25, 0.3) is 0 Å². The molecule has 0 amide bonds. The Morgan fingerprint density at radius 1 is 1.17 bits per heavy atom. The summed E-state index contributed by atoms with van der Waals surface area (Å²) in [6.45, 7) is 0.324. The van der Waals surface area contributed by atoms with Gasteiger partial charge in [0, 0.05) is 6.54 Å². The van der Waals surface area contributed by atoms with Crippen molar-refractivity contribution < 1.29 is 36.6 Å². The zero-order chi connectivity index (χ0) is 21.9. The van der Waals surface area contributed by atoms with Gasteiger partial charge in [-0.2, -0.15) is 13.2 Å². The lowest BCUT2D eigenvalue weighted by atomic mass is 10.1. The summed E-state index contributed by atoms with van der Waals surface area (Å²) in [5, 5.41) is 0. The van der Waals surface area contributed by atoms with Crippen molar-refractivity contribution in [2.24, 2.45) is 0 Å². The Labute approximate surface area is 171 Å². The fourth-order valence-electron chi connectivity index (χ4n) is 3.53. The second-order valence-electron chi connectivity index (χ2n) is 6.77. The van der Waals surface area contributed by atoms with Crippen molar-refractivity contribution in [3.8, 4) is 11.5 Å². The summed E-state index contributed by atoms with van der Waals surface area (Å²) in [4.78, 5) is 13.3. The number of halogens is 4. The topological polar surface area (TPSA) is 48.0 Å². The molecule has 2 unspecified atom stereocenters. The van der Waals surface area contributed by atoms with Crippen LogP contribution in [0.4, 0.5) is 17.6 Å². The van der Waals surface area contributed by atoms with Crippen LogP contribution >= 0.6 is 0 Å². The molecule has 1 saturated heterocycles. The normalized spacial score (nSPS) is 19.7. The molecular weight excluding hydrogens is 406 g/mol. The summed E-state index contributed by atoms with van der Waals surface area (Å²) >= 11 is 0. The molecule has 1 fully saturated rings. The van der Waals surface area contributed by atoms with E-state index in [9.17, 15) is 22.4 Å². The molecule has 0 N–H and O–H groups in total. The van der Waals surface area contributed by atoms with Gasteiger partial charge in [-0.05, 0) is 36.2 Å². The van der Waals surface area contributed by atoms with Gasteiger partial charge in [-0.1, -0.05) is 12.1 Å². The van der Waals surface area contributed by atoms with Crippen molar-refractivity contribution in [3.63, 3.8) is 0 Å². The standard InChI is InChI=1S/C21H21F4NO4/c1-28-17-4-3-5-18(29-2)19(17)20-26(14(11-27)12-30-20)9-8-13-6-7-16(22)15(10-13)21(23,24)25/h3-7,10-11,14,20H,8-9,12H2,1-2H3. The van der Waals surface area contributed by atoms with E-state index in [2.05, 4.69) is 0 Å². The summed E-state index contributed by atoms with van der Waals surface area (Å²) in [5.74, 6) is -0.327. The van der Waals surface area contributed by atoms with Crippen LogP contribution in [0.25, 0.3) is 0 Å². The lowest BCUT2D eigenvalue weighted by Gasteiger charge is -2.28. The van der Waals surface area contributed by atoms with Crippen LogP contribution in [-0.4, -0.2) is 44.6 Å². The number of carbonyl (C=O) groups is 1. The highest BCUT2D eigenvalue weighted by Crippen LogP contribution is 2.41. The molecule has 3 rings (SSSR count). The molecule has 2 aromatic carbocycles. The van der Waals surface area contributed by atoms with Gasteiger partial charge in [0.1, 0.15) is 29.8 Å². The van der Waals surface area contributed by atoms with Crippen molar-refractivity contribution in [3.05, 3.63) is 58.9 Å². The molecular formula is C21H21F4NO4. The first kappa shape index (κ1) is 22.0. The number of benzene rings is 2. The maximum atomic E-state index is 13.5. The maximum absolute atomic E-state index is 13.5. The van der Waals surface area contributed by atoms with E-state index in [-0.39, 0.29) is 19.6 Å². The van der Waals surface area contributed by atoms with E-state index in [0.29, 0.717) is 22.6 Å². The Balaban J connectivity index is 1.88. The Morgan fingerprint density at radius 3 is 2.40 bits per heavy atom. The number of alkyl halides is 3. The first-order chi connectivity index (χ1) is 14.3. The summed E-state index contributed by atoms with van der Waals surface area (Å²) < 4.78 is 69.2. The van der Waals surface area contributed by atoms with E-state index in [4.69, 9.17) is 14.2 Å². The van der Waals surface area contributed by atoms with Crippen LogP contribution < -0.4 is 9.47 Å². The summed E-state index contributed by atoms with van der Waals surface area (Å²) in [6, 6.07) is 7.50. The van der Waals surface area contributed by atoms with Crippen LogP contribution in [0.5, 0.6) is 11.5 Å². The largest absolute Gasteiger partial charge is 0.496 e. The lowest BCUT2D eigenvalue weighted by molar-refractivity contribution is -0.140. The van der Waals surface area contributed by atoms with E-state index in [0.717, 1.165) is 18.4 Å². The quantitative estimate of drug-likeness (QED) is 0.494. The van der Waals surface area contributed by atoms with E-state index < -0.39 is 29.8 Å². The predicted octanol–water partition coefficient (Wildman–Crippen LogP) is 4.00. The Kier molecular flexibility index (Phi) is 6.62. The lowest BCUT2D eigenvalue weighted by Crippen LogP contribution is -2.36. The van der Waals surface area contributed by atoms with Crippen LogP contribution in [-0.2, 0) is 22.1 Å². The average molecular weight is 427 g/mol. The molecule has 0 aliphatic carbocycles. The minimum atomic E-state index is -4.78. The fourth-order valence-corrected chi connectivity index (χ4v) is 3.53. The first-order valence-electron chi connectivity index (χ1n) is 9.19. The van der Waals surface area contributed by atoms with Gasteiger partial charge < -0.3 is 19.0 Å². The molecule has 0 radical (unpaired) electrons. The zero-order valence-electron chi connectivity index (χ0n) is 16.4. The molecule has 30 heavy (non-hydrogen) atoms. The molecule has 0 bridgehead atoms. The van der Waals surface area contributed by atoms with Gasteiger partial charge in [-0.3, -0.25) is 4.90 Å². The number of methoxy groups -OCH3 is 2. The van der Waals surface area contributed by atoms with Gasteiger partial charge in [0.2, 0.25) is 0 Å². The minimum Gasteiger partial charge on any atom is -0.496 e. The number of aldehydes is 1. The van der Waals surface area contributed by atoms with Gasteiger partial charge in [-0.25, -0.2) is 4.39 Å². The molecule has 1 aliphatic heterocycles. The molecule has 162 valence electrons. The second-order valence-corrected chi connectivity index (χ2v) is 6.77. The van der Waals surface area contributed by atoms with Gasteiger partial charge in [-0.15, -0.1) is 0 Å². The molecule has 0 spiro atoms. The Hall–Kier alpha value is -2.65. The van der Waals surface area contributed by atoms with E-state index in [1.54, 1.807) is 23.1 Å². The van der Waals surface area contributed by atoms with Crippen LogP contribution in [0, 0.1) is 5.82 Å². The molecule has 2 atom stereocenters. The van der Waals surface area contributed by atoms with Crippen molar-refractivity contribution in [1.29, 1.82) is 0 Å². The highest BCUT2D eigenvalue weighted by Gasteiger charge is 2.38. The third-order valence-corrected chi connectivity index (χ3v) is 5.02. The van der Waals surface area contributed by atoms with Gasteiger partial charge in [0.15, 0.2) is 0 Å². The van der Waals surface area contributed by atoms with E-state index in [1.165, 1.54) is 20.3 Å². The van der Waals surface area contributed by atoms with Gasteiger partial charge >= 0.3 is 6.18 Å². The summed E-state index contributed by atoms with van der Waals surface area (Å²) in [6.07, 6.45) is -4.58. The third-order valence-electron chi connectivity index (χ3n) is 5.02. The third kappa shape index (κ3) is 4.41. The molecule has 2 aromatic rings. The SMILES string of the molecule is COc1cccc(OC)c1C1OCC(C=O)N1CCc1ccc(F)c(C(F)(F)F)c1. The number of rotatable bonds is 7. The highest BCUT2D eigenvalue weighted by atomic mass is 19.4. The van der Waals surface area contributed by atoms with Crippen molar-refractivity contribution in [2.45, 2.75) is 24.9 Å². The number of carbonyl (C=O) groups excluding carboxylic acids is 1. The smallest absolute Gasteiger partial charge is 0.419 e. The number of nitrogens with zero attached hydrogens (tertiary/aromatic N) is 1. The fraction of sp³-hybridized carbons (Fsp3) is 0.381. The molecule has 0 saturated carbocycles. The second kappa shape index (κ2) is 9.01. The molecule has 1 aliphatic rings. The van der Waals surface area contributed by atoms with Crippen molar-refractivity contribution >= 4 is 6.29 Å². The monoisotopic (exact) mass is 427 g/mol. The number of hydrogen-bond acceptors (Lipinski definition) is 5. The van der Waals surface area contributed by atoms with Crippen LogP contribution in [0.3, 0.4) is 0 Å². The number of hydrogen-bond donors (Lipinski definition) is 0. The maximum Gasteiger partial charge on any atom is 0.419 e. The molecule has 1 heterocycles. The molecule has 5 nitrogen and oxygen atoms in total. The van der Waals surface area contributed by atoms with Crippen LogP contribution in [0.1, 0.15) is 22.9 Å².